The lowest BCUT2D eigenvalue weighted by Gasteiger charge is -2.34. The topological polar surface area (TPSA) is 55.1 Å². The highest BCUT2D eigenvalue weighted by Crippen LogP contribution is 2.34. The molecule has 0 aliphatic heterocycles. The van der Waals surface area contributed by atoms with Gasteiger partial charge in [0.1, 0.15) is 5.52 Å². The zero-order valence-electron chi connectivity index (χ0n) is 12.8. The zero-order valence-corrected chi connectivity index (χ0v) is 12.8. The number of carboxylic acids is 1. The molecule has 0 spiro atoms. The second-order valence-corrected chi connectivity index (χ2v) is 7.14. The van der Waals surface area contributed by atoms with Crippen LogP contribution in [0.15, 0.2) is 24.5 Å². The standard InChI is InChI=1S/C16H22N2O2/c1-15(2,3)9-16(4,5)18-10-17-13-11(14(19)20)7-6-8-12(13)18/h6-8,10H,9H2,1-5H3,(H,19,20). The van der Waals surface area contributed by atoms with E-state index in [-0.39, 0.29) is 16.5 Å². The molecule has 0 bridgehead atoms. The number of rotatable bonds is 3. The zero-order chi connectivity index (χ0) is 15.1. The van der Waals surface area contributed by atoms with Crippen molar-refractivity contribution in [2.45, 2.75) is 46.6 Å². The molecule has 108 valence electrons. The molecule has 1 aromatic heterocycles. The van der Waals surface area contributed by atoms with E-state index in [4.69, 9.17) is 0 Å². The van der Waals surface area contributed by atoms with Crippen LogP contribution in [-0.2, 0) is 5.54 Å². The van der Waals surface area contributed by atoms with Gasteiger partial charge in [0.05, 0.1) is 17.4 Å². The van der Waals surface area contributed by atoms with E-state index in [9.17, 15) is 9.90 Å². The van der Waals surface area contributed by atoms with Crippen LogP contribution in [0.2, 0.25) is 0 Å². The van der Waals surface area contributed by atoms with E-state index < -0.39 is 5.97 Å². The Morgan fingerprint density at radius 3 is 2.45 bits per heavy atom. The third-order valence-electron chi connectivity index (χ3n) is 3.42. The quantitative estimate of drug-likeness (QED) is 0.923. The third kappa shape index (κ3) is 2.69. The molecule has 4 heteroatoms. The first-order valence-electron chi connectivity index (χ1n) is 6.82. The second kappa shape index (κ2) is 4.62. The first kappa shape index (κ1) is 14.6. The Morgan fingerprint density at radius 1 is 1.25 bits per heavy atom. The van der Waals surface area contributed by atoms with Crippen LogP contribution in [0.5, 0.6) is 0 Å². The number of imidazole rings is 1. The minimum Gasteiger partial charge on any atom is -0.478 e. The minimum absolute atomic E-state index is 0.121. The number of carbonyl (C=O) groups is 1. The van der Waals surface area contributed by atoms with Crippen molar-refractivity contribution in [1.29, 1.82) is 0 Å². The first-order valence-corrected chi connectivity index (χ1v) is 6.82. The summed E-state index contributed by atoms with van der Waals surface area (Å²) in [5, 5.41) is 9.23. The third-order valence-corrected chi connectivity index (χ3v) is 3.42. The lowest BCUT2D eigenvalue weighted by molar-refractivity contribution is 0.0699. The molecule has 0 fully saturated rings. The van der Waals surface area contributed by atoms with Crippen LogP contribution in [-0.4, -0.2) is 20.6 Å². The van der Waals surface area contributed by atoms with Crippen molar-refractivity contribution in [2.24, 2.45) is 5.41 Å². The van der Waals surface area contributed by atoms with Crippen molar-refractivity contribution in [3.63, 3.8) is 0 Å². The van der Waals surface area contributed by atoms with Crippen molar-refractivity contribution in [3.8, 4) is 0 Å². The fourth-order valence-corrected chi connectivity index (χ4v) is 3.08. The van der Waals surface area contributed by atoms with Gasteiger partial charge in [-0.25, -0.2) is 9.78 Å². The number of carboxylic acid groups (broad SMARTS) is 1. The Balaban J connectivity index is 2.57. The molecule has 0 saturated carbocycles. The molecule has 4 nitrogen and oxygen atoms in total. The summed E-state index contributed by atoms with van der Waals surface area (Å²) >= 11 is 0. The van der Waals surface area contributed by atoms with Crippen LogP contribution in [0.3, 0.4) is 0 Å². The molecule has 2 aromatic rings. The van der Waals surface area contributed by atoms with Crippen LogP contribution >= 0.6 is 0 Å². The largest absolute Gasteiger partial charge is 0.478 e. The maximum atomic E-state index is 11.3. The summed E-state index contributed by atoms with van der Waals surface area (Å²) in [7, 11) is 0. The van der Waals surface area contributed by atoms with Gasteiger partial charge in [-0.1, -0.05) is 26.8 Å². The Hall–Kier alpha value is -1.84. The molecule has 1 N–H and O–H groups in total. The van der Waals surface area contributed by atoms with Gasteiger partial charge in [-0.05, 0) is 37.8 Å². The Bertz CT molecular complexity index is 648. The van der Waals surface area contributed by atoms with E-state index in [1.165, 1.54) is 0 Å². The fraction of sp³-hybridized carbons (Fsp3) is 0.500. The number of fused-ring (bicyclic) bond motifs is 1. The van der Waals surface area contributed by atoms with Gasteiger partial charge < -0.3 is 9.67 Å². The van der Waals surface area contributed by atoms with Crippen LogP contribution < -0.4 is 0 Å². The average Bonchev–Trinajstić information content (AvgIpc) is 2.68. The summed E-state index contributed by atoms with van der Waals surface area (Å²) in [6.07, 6.45) is 2.73. The van der Waals surface area contributed by atoms with Gasteiger partial charge in [0.25, 0.3) is 0 Å². The fourth-order valence-electron chi connectivity index (χ4n) is 3.08. The van der Waals surface area contributed by atoms with Gasteiger partial charge in [-0.3, -0.25) is 0 Å². The molecular formula is C16H22N2O2. The highest BCUT2D eigenvalue weighted by molar-refractivity contribution is 6.00. The number of aromatic carboxylic acids is 1. The number of benzene rings is 1. The predicted octanol–water partition coefficient (Wildman–Crippen LogP) is 3.91. The van der Waals surface area contributed by atoms with Crippen molar-refractivity contribution < 1.29 is 9.90 Å². The van der Waals surface area contributed by atoms with Crippen molar-refractivity contribution in [2.75, 3.05) is 0 Å². The SMILES string of the molecule is CC(C)(C)CC(C)(C)n1cnc2c(C(=O)O)cccc21. The average molecular weight is 274 g/mol. The smallest absolute Gasteiger partial charge is 0.337 e. The summed E-state index contributed by atoms with van der Waals surface area (Å²) in [4.78, 5) is 15.6. The maximum Gasteiger partial charge on any atom is 0.337 e. The molecule has 20 heavy (non-hydrogen) atoms. The number of hydrogen-bond donors (Lipinski definition) is 1. The normalized spacial score (nSPS) is 12.8. The van der Waals surface area contributed by atoms with Crippen molar-refractivity contribution >= 4 is 17.0 Å². The molecule has 0 saturated heterocycles. The van der Waals surface area contributed by atoms with Gasteiger partial charge in [0.2, 0.25) is 0 Å². The molecule has 0 unspecified atom stereocenters. The van der Waals surface area contributed by atoms with Crippen molar-refractivity contribution in [3.05, 3.63) is 30.1 Å². The second-order valence-electron chi connectivity index (χ2n) is 7.14. The van der Waals surface area contributed by atoms with Crippen molar-refractivity contribution in [1.82, 2.24) is 9.55 Å². The van der Waals surface area contributed by atoms with Gasteiger partial charge in [0, 0.05) is 5.54 Å². The van der Waals surface area contributed by atoms with E-state index in [0.717, 1.165) is 11.9 Å². The molecular weight excluding hydrogens is 252 g/mol. The lowest BCUT2D eigenvalue weighted by Crippen LogP contribution is -2.30. The lowest BCUT2D eigenvalue weighted by atomic mass is 9.81. The van der Waals surface area contributed by atoms with E-state index in [1.807, 2.05) is 6.07 Å². The number of hydrogen-bond acceptors (Lipinski definition) is 2. The van der Waals surface area contributed by atoms with Gasteiger partial charge in [-0.15, -0.1) is 0 Å². The molecule has 0 atom stereocenters. The Kier molecular flexibility index (Phi) is 3.36. The van der Waals surface area contributed by atoms with Crippen LogP contribution in [0.4, 0.5) is 0 Å². The monoisotopic (exact) mass is 274 g/mol. The number of para-hydroxylation sites is 1. The summed E-state index contributed by atoms with van der Waals surface area (Å²) < 4.78 is 2.08. The molecule has 0 amide bonds. The highest BCUT2D eigenvalue weighted by Gasteiger charge is 2.28. The van der Waals surface area contributed by atoms with Crippen LogP contribution in [0.25, 0.3) is 11.0 Å². The summed E-state index contributed by atoms with van der Waals surface area (Å²) in [6, 6.07) is 5.30. The Morgan fingerprint density at radius 2 is 1.90 bits per heavy atom. The summed E-state index contributed by atoms with van der Waals surface area (Å²) in [5.41, 5.74) is 1.75. The summed E-state index contributed by atoms with van der Waals surface area (Å²) in [6.45, 7) is 10.9. The highest BCUT2D eigenvalue weighted by atomic mass is 16.4. The van der Waals surface area contributed by atoms with Gasteiger partial charge >= 0.3 is 5.97 Å². The van der Waals surface area contributed by atoms with E-state index >= 15 is 0 Å². The molecule has 1 aromatic carbocycles. The van der Waals surface area contributed by atoms with Gasteiger partial charge in [-0.2, -0.15) is 0 Å². The number of aromatic nitrogens is 2. The van der Waals surface area contributed by atoms with E-state index in [0.29, 0.717) is 5.52 Å². The summed E-state index contributed by atoms with van der Waals surface area (Å²) in [5.74, 6) is -0.936. The van der Waals surface area contributed by atoms with Gasteiger partial charge in [0.15, 0.2) is 0 Å². The molecule has 1 heterocycles. The van der Waals surface area contributed by atoms with E-state index in [1.54, 1.807) is 18.5 Å². The van der Waals surface area contributed by atoms with Crippen LogP contribution in [0.1, 0.15) is 51.4 Å². The predicted molar refractivity (Wildman–Crippen MR) is 80.1 cm³/mol. The van der Waals surface area contributed by atoms with E-state index in [2.05, 4.69) is 44.2 Å². The Labute approximate surface area is 119 Å². The molecule has 2 rings (SSSR count). The molecule has 0 aliphatic rings. The van der Waals surface area contributed by atoms with Crippen LogP contribution in [0, 0.1) is 5.41 Å². The first-order chi connectivity index (χ1) is 9.12. The molecule has 0 aliphatic carbocycles. The molecule has 0 radical (unpaired) electrons. The minimum atomic E-state index is -0.936. The number of nitrogens with zero attached hydrogens (tertiary/aromatic N) is 2. The maximum absolute atomic E-state index is 11.3.